The molecule has 3 aliphatic carbocycles. The fourth-order valence-electron chi connectivity index (χ4n) is 9.93. The van der Waals surface area contributed by atoms with Crippen LogP contribution in [0.15, 0.2) is 33.4 Å². The molecule has 0 N–H and O–H groups in total. The number of carbonyl (C=O) groups is 3. The summed E-state index contributed by atoms with van der Waals surface area (Å²) in [6, 6.07) is 0. The van der Waals surface area contributed by atoms with Crippen LogP contribution in [0.3, 0.4) is 0 Å². The minimum Gasteiger partial charge on any atom is -0.295 e. The van der Waals surface area contributed by atoms with Gasteiger partial charge in [-0.05, 0) is 123 Å². The number of rotatable bonds is 21. The van der Waals surface area contributed by atoms with E-state index in [1.54, 1.807) is 0 Å². The number of allylic oxidation sites excluding steroid dienone is 6. The number of Topliss-reactive ketones (excluding diaryl/α,β-unsaturated/α-hetero) is 3. The Kier molecular flexibility index (Phi) is 16.1. The van der Waals surface area contributed by atoms with Crippen molar-refractivity contribution in [2.24, 2.45) is 16.2 Å². The normalized spacial score (nSPS) is 27.1. The average molecular weight is 663 g/mol. The SMILES string of the molecule is CCCC1=C(C)C(=O)CC(C)(CCCCCCC2=C(CC)C(=O)CC(C)(CCCCCCCC3=C(CC)C(=O)CC(C)(CCC)C3)C2)C1. The van der Waals surface area contributed by atoms with E-state index in [0.717, 1.165) is 119 Å². The molecule has 0 spiro atoms. The van der Waals surface area contributed by atoms with E-state index in [1.807, 2.05) is 6.92 Å². The van der Waals surface area contributed by atoms with Gasteiger partial charge in [-0.3, -0.25) is 14.4 Å². The van der Waals surface area contributed by atoms with Crippen LogP contribution < -0.4 is 0 Å². The summed E-state index contributed by atoms with van der Waals surface area (Å²) in [6.07, 6.45) is 27.2. The molecule has 272 valence electrons. The van der Waals surface area contributed by atoms with Crippen molar-refractivity contribution in [2.75, 3.05) is 0 Å². The van der Waals surface area contributed by atoms with Gasteiger partial charge in [0.05, 0.1) is 0 Å². The lowest BCUT2D eigenvalue weighted by Gasteiger charge is -2.36. The predicted octanol–water partition coefficient (Wildman–Crippen LogP) is 13.5. The lowest BCUT2D eigenvalue weighted by Crippen LogP contribution is -2.28. The molecular formula is C45H74O3. The van der Waals surface area contributed by atoms with Crippen molar-refractivity contribution >= 4 is 17.3 Å². The fraction of sp³-hybridized carbons (Fsp3) is 0.800. The third-order valence-corrected chi connectivity index (χ3v) is 12.5. The Morgan fingerprint density at radius 1 is 0.438 bits per heavy atom. The Morgan fingerprint density at radius 2 is 0.833 bits per heavy atom. The van der Waals surface area contributed by atoms with Gasteiger partial charge in [-0.1, -0.05) is 123 Å². The van der Waals surface area contributed by atoms with E-state index in [4.69, 9.17) is 0 Å². The molecule has 0 heterocycles. The Balaban J connectivity index is 1.38. The van der Waals surface area contributed by atoms with Crippen LogP contribution in [0.2, 0.25) is 0 Å². The number of unbranched alkanes of at least 4 members (excludes halogenated alkanes) is 7. The molecule has 0 bridgehead atoms. The monoisotopic (exact) mass is 663 g/mol. The molecule has 3 aliphatic rings. The van der Waals surface area contributed by atoms with E-state index >= 15 is 0 Å². The molecule has 3 unspecified atom stereocenters. The number of hydrogen-bond donors (Lipinski definition) is 0. The molecule has 48 heavy (non-hydrogen) atoms. The average Bonchev–Trinajstić information content (AvgIpc) is 3.00. The van der Waals surface area contributed by atoms with Crippen molar-refractivity contribution in [3.8, 4) is 0 Å². The molecule has 0 saturated carbocycles. The maximum Gasteiger partial charge on any atom is 0.159 e. The predicted molar refractivity (Wildman–Crippen MR) is 204 cm³/mol. The van der Waals surface area contributed by atoms with Gasteiger partial charge in [0.1, 0.15) is 0 Å². The summed E-state index contributed by atoms with van der Waals surface area (Å²) in [4.78, 5) is 38.9. The fourth-order valence-corrected chi connectivity index (χ4v) is 9.93. The number of hydrogen-bond acceptors (Lipinski definition) is 3. The van der Waals surface area contributed by atoms with E-state index in [-0.39, 0.29) is 16.2 Å². The Labute approximate surface area is 296 Å². The van der Waals surface area contributed by atoms with Crippen LogP contribution in [0.25, 0.3) is 0 Å². The van der Waals surface area contributed by atoms with Crippen LogP contribution in [-0.4, -0.2) is 17.3 Å². The van der Waals surface area contributed by atoms with Crippen molar-refractivity contribution in [3.05, 3.63) is 33.4 Å². The second-order valence-electron chi connectivity index (χ2n) is 17.5. The van der Waals surface area contributed by atoms with Crippen molar-refractivity contribution in [3.63, 3.8) is 0 Å². The zero-order valence-corrected chi connectivity index (χ0v) is 32.9. The van der Waals surface area contributed by atoms with Crippen molar-refractivity contribution < 1.29 is 14.4 Å². The third kappa shape index (κ3) is 11.7. The molecule has 0 amide bonds. The molecule has 3 heteroatoms. The van der Waals surface area contributed by atoms with Gasteiger partial charge in [0.25, 0.3) is 0 Å². The van der Waals surface area contributed by atoms with E-state index in [0.29, 0.717) is 17.3 Å². The summed E-state index contributed by atoms with van der Waals surface area (Å²) in [5.74, 6) is 1.21. The highest BCUT2D eigenvalue weighted by Gasteiger charge is 2.36. The summed E-state index contributed by atoms with van der Waals surface area (Å²) in [6.45, 7) is 17.9. The molecule has 0 aromatic carbocycles. The van der Waals surface area contributed by atoms with Gasteiger partial charge in [0.2, 0.25) is 0 Å². The first-order valence-corrected chi connectivity index (χ1v) is 20.5. The maximum absolute atomic E-state index is 13.3. The third-order valence-electron chi connectivity index (χ3n) is 12.5. The molecule has 0 aromatic rings. The zero-order chi connectivity index (χ0) is 35.4. The molecule has 3 rings (SSSR count). The second kappa shape index (κ2) is 19.0. The molecule has 0 radical (unpaired) electrons. The minimum atomic E-state index is 0.113. The molecule has 3 atom stereocenters. The molecule has 0 aliphatic heterocycles. The Bertz CT molecular complexity index is 1210. The van der Waals surface area contributed by atoms with Gasteiger partial charge in [-0.15, -0.1) is 0 Å². The highest BCUT2D eigenvalue weighted by Crippen LogP contribution is 2.46. The van der Waals surface area contributed by atoms with Crippen LogP contribution in [0, 0.1) is 16.2 Å². The second-order valence-corrected chi connectivity index (χ2v) is 17.5. The summed E-state index contributed by atoms with van der Waals surface area (Å²) < 4.78 is 0. The molecule has 3 nitrogen and oxygen atoms in total. The Hall–Kier alpha value is -1.77. The minimum absolute atomic E-state index is 0.113. The smallest absolute Gasteiger partial charge is 0.159 e. The first-order chi connectivity index (χ1) is 22.8. The van der Waals surface area contributed by atoms with Crippen molar-refractivity contribution in [1.82, 2.24) is 0 Å². The summed E-state index contributed by atoms with van der Waals surface area (Å²) >= 11 is 0. The number of ketones is 3. The van der Waals surface area contributed by atoms with E-state index in [2.05, 4.69) is 48.5 Å². The van der Waals surface area contributed by atoms with Gasteiger partial charge in [-0.25, -0.2) is 0 Å². The van der Waals surface area contributed by atoms with Crippen LogP contribution in [0.5, 0.6) is 0 Å². The largest absolute Gasteiger partial charge is 0.295 e. The highest BCUT2D eigenvalue weighted by atomic mass is 16.1. The lowest BCUT2D eigenvalue weighted by molar-refractivity contribution is -0.119. The standard InChI is InChI=1S/C45H74O3/c1-9-22-35-28-44(7,31-40(46)34(35)5)26-21-17-15-19-24-37-30-45(8,33-42(48)39(37)12-4)27-20-16-13-14-18-23-36-29-43(6,25-10-2)32-41(47)38(36)11-3/h9-33H2,1-8H3. The van der Waals surface area contributed by atoms with E-state index in [9.17, 15) is 14.4 Å². The molecule has 0 aromatic heterocycles. The van der Waals surface area contributed by atoms with Gasteiger partial charge >= 0.3 is 0 Å². The van der Waals surface area contributed by atoms with Gasteiger partial charge in [0.15, 0.2) is 17.3 Å². The lowest BCUT2D eigenvalue weighted by atomic mass is 9.68. The topological polar surface area (TPSA) is 51.2 Å². The number of carbonyl (C=O) groups excluding carboxylic acids is 3. The van der Waals surface area contributed by atoms with Crippen molar-refractivity contribution in [1.29, 1.82) is 0 Å². The molecular weight excluding hydrogens is 588 g/mol. The van der Waals surface area contributed by atoms with E-state index < -0.39 is 0 Å². The van der Waals surface area contributed by atoms with Gasteiger partial charge in [0, 0.05) is 19.3 Å². The Morgan fingerprint density at radius 3 is 1.27 bits per heavy atom. The maximum atomic E-state index is 13.3. The summed E-state index contributed by atoms with van der Waals surface area (Å²) in [5, 5.41) is 0. The highest BCUT2D eigenvalue weighted by molar-refractivity contribution is 5.98. The van der Waals surface area contributed by atoms with Crippen LogP contribution in [0.4, 0.5) is 0 Å². The summed E-state index contributed by atoms with van der Waals surface area (Å²) in [7, 11) is 0. The van der Waals surface area contributed by atoms with Gasteiger partial charge in [-0.2, -0.15) is 0 Å². The van der Waals surface area contributed by atoms with Gasteiger partial charge < -0.3 is 0 Å². The van der Waals surface area contributed by atoms with Crippen molar-refractivity contribution in [2.45, 2.75) is 216 Å². The molecule has 0 saturated heterocycles. The van der Waals surface area contributed by atoms with Crippen LogP contribution >= 0.6 is 0 Å². The van der Waals surface area contributed by atoms with E-state index in [1.165, 1.54) is 74.5 Å². The quantitative estimate of drug-likeness (QED) is 0.115. The van der Waals surface area contributed by atoms with Crippen LogP contribution in [0.1, 0.15) is 216 Å². The molecule has 0 fully saturated rings. The first-order valence-electron chi connectivity index (χ1n) is 20.5. The summed E-state index contributed by atoms with van der Waals surface area (Å²) in [5.41, 5.74) is 8.09. The first kappa shape index (κ1) is 40.7. The zero-order valence-electron chi connectivity index (χ0n) is 32.9. The van der Waals surface area contributed by atoms with Crippen LogP contribution in [-0.2, 0) is 14.4 Å².